The predicted octanol–water partition coefficient (Wildman–Crippen LogP) is 4.77. The average Bonchev–Trinajstić information content (AvgIpc) is 2.65. The fraction of sp³-hybridized carbons (Fsp3) is 0.0556. The van der Waals surface area contributed by atoms with Crippen molar-refractivity contribution in [2.75, 3.05) is 16.9 Å². The average molecular weight is 370 g/mol. The van der Waals surface area contributed by atoms with E-state index in [-0.39, 0.29) is 11.8 Å². The maximum Gasteiger partial charge on any atom is 0.323 e. The van der Waals surface area contributed by atoms with Crippen LogP contribution in [0.3, 0.4) is 0 Å². The number of hydrogen-bond donors (Lipinski definition) is 2. The van der Waals surface area contributed by atoms with Gasteiger partial charge >= 0.3 is 12.0 Å². The molecular weight excluding hydrogens is 355 g/mol. The summed E-state index contributed by atoms with van der Waals surface area (Å²) < 4.78 is 18.8. The van der Waals surface area contributed by atoms with Gasteiger partial charge in [0.15, 0.2) is 11.6 Å². The number of urea groups is 1. The van der Waals surface area contributed by atoms with Gasteiger partial charge in [-0.3, -0.25) is 0 Å². The Hall–Kier alpha value is -3.13. The lowest BCUT2D eigenvalue weighted by Crippen LogP contribution is -2.19. The van der Waals surface area contributed by atoms with Gasteiger partial charge in [0.05, 0.1) is 18.1 Å². The molecule has 2 aromatic carbocycles. The quantitative estimate of drug-likeness (QED) is 0.633. The second-order valence-electron chi connectivity index (χ2n) is 5.10. The van der Waals surface area contributed by atoms with E-state index in [9.17, 15) is 9.18 Å². The second kappa shape index (κ2) is 8.30. The molecule has 0 aliphatic heterocycles. The molecule has 8 heteroatoms. The van der Waals surface area contributed by atoms with E-state index in [1.165, 1.54) is 24.5 Å². The van der Waals surface area contributed by atoms with E-state index in [2.05, 4.69) is 20.6 Å². The molecule has 2 amide bonds. The van der Waals surface area contributed by atoms with Gasteiger partial charge in [-0.25, -0.2) is 19.2 Å². The van der Waals surface area contributed by atoms with Crippen LogP contribution in [0.2, 0.25) is 0 Å². The molecule has 132 valence electrons. The Morgan fingerprint density at radius 3 is 2.50 bits per heavy atom. The molecule has 2 N–H and O–H groups in total. The molecule has 0 unspecified atom stereocenters. The maximum atomic E-state index is 13.5. The number of halogens is 1. The molecule has 0 radical (unpaired) electrons. The summed E-state index contributed by atoms with van der Waals surface area (Å²) in [4.78, 5) is 21.0. The van der Waals surface area contributed by atoms with Crippen molar-refractivity contribution in [2.24, 2.45) is 0 Å². The van der Waals surface area contributed by atoms with Crippen LogP contribution in [0.4, 0.5) is 20.6 Å². The number of hydrogen-bond acceptors (Lipinski definition) is 5. The number of rotatable bonds is 5. The first-order valence-corrected chi connectivity index (χ1v) is 8.83. The summed E-state index contributed by atoms with van der Waals surface area (Å²) in [5, 5.41) is 5.35. The van der Waals surface area contributed by atoms with Gasteiger partial charge in [-0.05, 0) is 36.6 Å². The molecule has 0 saturated carbocycles. The topological polar surface area (TPSA) is 76.1 Å². The van der Waals surface area contributed by atoms with Gasteiger partial charge in [0.2, 0.25) is 0 Å². The summed E-state index contributed by atoms with van der Waals surface area (Å²) in [5.41, 5.74) is 1.05. The Morgan fingerprint density at radius 1 is 1.04 bits per heavy atom. The van der Waals surface area contributed by atoms with Crippen LogP contribution >= 0.6 is 11.8 Å². The number of nitrogens with zero attached hydrogens (tertiary/aromatic N) is 2. The third kappa shape index (κ3) is 4.70. The summed E-state index contributed by atoms with van der Waals surface area (Å²) in [6.07, 6.45) is 4.71. The van der Waals surface area contributed by atoms with Crippen molar-refractivity contribution in [3.8, 4) is 11.8 Å². The molecule has 0 aliphatic carbocycles. The van der Waals surface area contributed by atoms with Crippen molar-refractivity contribution >= 4 is 29.2 Å². The van der Waals surface area contributed by atoms with Gasteiger partial charge in [-0.15, -0.1) is 11.8 Å². The molecule has 0 spiro atoms. The fourth-order valence-corrected chi connectivity index (χ4v) is 2.51. The van der Waals surface area contributed by atoms with E-state index < -0.39 is 11.8 Å². The van der Waals surface area contributed by atoms with Crippen LogP contribution in [0.1, 0.15) is 0 Å². The maximum absolute atomic E-state index is 13.5. The van der Waals surface area contributed by atoms with Gasteiger partial charge in [-0.2, -0.15) is 0 Å². The molecule has 6 nitrogen and oxygen atoms in total. The zero-order valence-electron chi connectivity index (χ0n) is 13.8. The number of aromatic nitrogens is 2. The van der Waals surface area contributed by atoms with Gasteiger partial charge in [0, 0.05) is 10.6 Å². The SMILES string of the molecule is CSc1cccc(NC(=O)Nc2cnc(Oc3ccccc3F)nc2)c1. The zero-order chi connectivity index (χ0) is 18.4. The fourth-order valence-electron chi connectivity index (χ4n) is 2.05. The minimum Gasteiger partial charge on any atom is -0.421 e. The Bertz CT molecular complexity index is 906. The normalized spacial score (nSPS) is 10.2. The van der Waals surface area contributed by atoms with E-state index >= 15 is 0 Å². The first-order valence-electron chi connectivity index (χ1n) is 7.60. The van der Waals surface area contributed by atoms with Crippen LogP contribution in [0.25, 0.3) is 0 Å². The molecule has 26 heavy (non-hydrogen) atoms. The Morgan fingerprint density at radius 2 is 1.77 bits per heavy atom. The highest BCUT2D eigenvalue weighted by Crippen LogP contribution is 2.22. The number of benzene rings is 2. The molecule has 0 bridgehead atoms. The monoisotopic (exact) mass is 370 g/mol. The van der Waals surface area contributed by atoms with E-state index in [1.54, 1.807) is 30.0 Å². The molecule has 3 rings (SSSR count). The predicted molar refractivity (Wildman–Crippen MR) is 99.4 cm³/mol. The summed E-state index contributed by atoms with van der Waals surface area (Å²) in [5.74, 6) is -0.482. The van der Waals surface area contributed by atoms with Crippen molar-refractivity contribution in [3.63, 3.8) is 0 Å². The minimum atomic E-state index is -0.509. The molecule has 3 aromatic rings. The van der Waals surface area contributed by atoms with E-state index in [1.807, 2.05) is 24.5 Å². The highest BCUT2D eigenvalue weighted by Gasteiger charge is 2.07. The molecule has 0 atom stereocenters. The zero-order valence-corrected chi connectivity index (χ0v) is 14.6. The highest BCUT2D eigenvalue weighted by atomic mass is 32.2. The van der Waals surface area contributed by atoms with Gasteiger partial charge in [-0.1, -0.05) is 18.2 Å². The molecule has 1 aromatic heterocycles. The lowest BCUT2D eigenvalue weighted by molar-refractivity contribution is 0.262. The first kappa shape index (κ1) is 17.7. The Balaban J connectivity index is 1.60. The smallest absolute Gasteiger partial charge is 0.323 e. The van der Waals surface area contributed by atoms with Crippen LogP contribution in [-0.4, -0.2) is 22.3 Å². The van der Waals surface area contributed by atoms with E-state index in [0.717, 1.165) is 4.90 Å². The number of ether oxygens (including phenoxy) is 1. The van der Waals surface area contributed by atoms with Gasteiger partial charge < -0.3 is 15.4 Å². The number of thioether (sulfide) groups is 1. The van der Waals surface area contributed by atoms with Crippen LogP contribution < -0.4 is 15.4 Å². The van der Waals surface area contributed by atoms with Crippen LogP contribution in [0, 0.1) is 5.82 Å². The third-order valence-corrected chi connectivity index (χ3v) is 3.98. The third-order valence-electron chi connectivity index (χ3n) is 3.25. The molecule has 1 heterocycles. The number of para-hydroxylation sites is 1. The molecule has 0 saturated heterocycles. The summed E-state index contributed by atoms with van der Waals surface area (Å²) >= 11 is 1.58. The Labute approximate surface area is 153 Å². The van der Waals surface area contributed by atoms with Gasteiger partial charge in [0.25, 0.3) is 0 Å². The summed E-state index contributed by atoms with van der Waals surface area (Å²) in [7, 11) is 0. The lowest BCUT2D eigenvalue weighted by atomic mass is 10.3. The first-order chi connectivity index (χ1) is 12.6. The highest BCUT2D eigenvalue weighted by molar-refractivity contribution is 7.98. The van der Waals surface area contributed by atoms with Crippen molar-refractivity contribution in [1.82, 2.24) is 9.97 Å². The number of carbonyl (C=O) groups excluding carboxylic acids is 1. The van der Waals surface area contributed by atoms with Crippen LogP contribution in [0.15, 0.2) is 65.8 Å². The minimum absolute atomic E-state index is 0.0197. The Kier molecular flexibility index (Phi) is 5.65. The summed E-state index contributed by atoms with van der Waals surface area (Å²) in [6.45, 7) is 0. The summed E-state index contributed by atoms with van der Waals surface area (Å²) in [6, 6.07) is 13.0. The van der Waals surface area contributed by atoms with Crippen molar-refractivity contribution < 1.29 is 13.9 Å². The van der Waals surface area contributed by atoms with Crippen LogP contribution in [-0.2, 0) is 0 Å². The number of amides is 2. The number of carbonyl (C=O) groups is 1. The lowest BCUT2D eigenvalue weighted by Gasteiger charge is -2.09. The molecule has 0 aliphatic rings. The largest absolute Gasteiger partial charge is 0.421 e. The number of nitrogens with one attached hydrogen (secondary N) is 2. The van der Waals surface area contributed by atoms with E-state index in [0.29, 0.717) is 11.4 Å². The molecular formula is C18H15FN4O2S. The van der Waals surface area contributed by atoms with Gasteiger partial charge in [0.1, 0.15) is 0 Å². The second-order valence-corrected chi connectivity index (χ2v) is 5.98. The number of anilines is 2. The van der Waals surface area contributed by atoms with Crippen molar-refractivity contribution in [2.45, 2.75) is 4.90 Å². The van der Waals surface area contributed by atoms with Crippen molar-refractivity contribution in [1.29, 1.82) is 0 Å². The molecule has 0 fully saturated rings. The van der Waals surface area contributed by atoms with Crippen LogP contribution in [0.5, 0.6) is 11.8 Å². The van der Waals surface area contributed by atoms with E-state index in [4.69, 9.17) is 4.74 Å². The van der Waals surface area contributed by atoms with Crippen molar-refractivity contribution in [3.05, 3.63) is 66.7 Å². The standard InChI is InChI=1S/C18H15FN4O2S/c1-26-14-6-4-5-12(9-14)22-17(24)23-13-10-20-18(21-11-13)25-16-8-3-2-7-15(16)19/h2-11H,1H3,(H2,22,23,24).